The average molecular weight is 197 g/mol. The van der Waals surface area contributed by atoms with Crippen LogP contribution in [0.5, 0.6) is 0 Å². The van der Waals surface area contributed by atoms with Gasteiger partial charge < -0.3 is 10.8 Å². The normalized spacial score (nSPS) is 36.2. The predicted octanol–water partition coefficient (Wildman–Crippen LogP) is 1.43. The zero-order chi connectivity index (χ0) is 10.1. The number of hydrogen-bond donors (Lipinski definition) is 2. The molecule has 0 heterocycles. The Bertz CT molecular complexity index is 173. The number of halogens is 3. The van der Waals surface area contributed by atoms with E-state index in [9.17, 15) is 13.2 Å². The van der Waals surface area contributed by atoms with Crippen LogP contribution in [0.1, 0.15) is 25.7 Å². The van der Waals surface area contributed by atoms with E-state index in [0.29, 0.717) is 0 Å². The number of hydrogen-bond acceptors (Lipinski definition) is 2. The Morgan fingerprint density at radius 3 is 2.08 bits per heavy atom. The van der Waals surface area contributed by atoms with Crippen LogP contribution in [0.4, 0.5) is 13.2 Å². The van der Waals surface area contributed by atoms with E-state index in [1.165, 1.54) is 0 Å². The van der Waals surface area contributed by atoms with Gasteiger partial charge in [-0.1, -0.05) is 0 Å². The summed E-state index contributed by atoms with van der Waals surface area (Å²) in [5.41, 5.74) is 3.42. The lowest BCUT2D eigenvalue weighted by Gasteiger charge is -2.39. The second kappa shape index (κ2) is 3.46. The molecule has 0 aromatic heterocycles. The van der Waals surface area contributed by atoms with Gasteiger partial charge >= 0.3 is 6.18 Å². The van der Waals surface area contributed by atoms with Crippen molar-refractivity contribution in [1.82, 2.24) is 0 Å². The summed E-state index contributed by atoms with van der Waals surface area (Å²) >= 11 is 0. The van der Waals surface area contributed by atoms with Crippen molar-refractivity contribution in [2.24, 2.45) is 11.1 Å². The molecule has 0 atom stereocenters. The van der Waals surface area contributed by atoms with E-state index in [1.807, 2.05) is 0 Å². The molecule has 0 aromatic carbocycles. The van der Waals surface area contributed by atoms with Gasteiger partial charge in [-0.05, 0) is 25.7 Å². The van der Waals surface area contributed by atoms with Crippen molar-refractivity contribution in [3.63, 3.8) is 0 Å². The van der Waals surface area contributed by atoms with Gasteiger partial charge in [0.25, 0.3) is 0 Å². The Balaban J connectivity index is 2.72. The fourth-order valence-corrected chi connectivity index (χ4v) is 1.76. The third kappa shape index (κ3) is 1.96. The summed E-state index contributed by atoms with van der Waals surface area (Å²) in [4.78, 5) is 0. The topological polar surface area (TPSA) is 46.2 Å². The third-order valence-electron chi connectivity index (χ3n) is 2.90. The van der Waals surface area contributed by atoms with E-state index in [2.05, 4.69) is 0 Å². The van der Waals surface area contributed by atoms with Crippen LogP contribution in [0.3, 0.4) is 0 Å². The van der Waals surface area contributed by atoms with E-state index in [1.54, 1.807) is 0 Å². The van der Waals surface area contributed by atoms with Crippen molar-refractivity contribution in [2.75, 3.05) is 6.54 Å². The van der Waals surface area contributed by atoms with Crippen molar-refractivity contribution in [2.45, 2.75) is 38.0 Å². The first-order chi connectivity index (χ1) is 5.91. The standard InChI is InChI=1S/C8H14F3NO/c9-8(10,11)7(5-12)3-1-6(13)2-4-7/h6,13H,1-5,12H2. The Hall–Kier alpha value is -0.290. The van der Waals surface area contributed by atoms with Crippen LogP contribution in [0, 0.1) is 5.41 Å². The molecule has 1 saturated carbocycles. The Kier molecular flexibility index (Phi) is 2.87. The van der Waals surface area contributed by atoms with E-state index >= 15 is 0 Å². The number of aliphatic hydroxyl groups excluding tert-OH is 1. The van der Waals surface area contributed by atoms with Crippen LogP contribution in [-0.2, 0) is 0 Å². The predicted molar refractivity (Wildman–Crippen MR) is 42.0 cm³/mol. The van der Waals surface area contributed by atoms with Gasteiger partial charge in [0.2, 0.25) is 0 Å². The maximum atomic E-state index is 12.6. The molecule has 2 nitrogen and oxygen atoms in total. The quantitative estimate of drug-likeness (QED) is 0.668. The van der Waals surface area contributed by atoms with Crippen LogP contribution in [-0.4, -0.2) is 23.9 Å². The summed E-state index contributed by atoms with van der Waals surface area (Å²) in [6.07, 6.45) is -4.50. The summed E-state index contributed by atoms with van der Waals surface area (Å²) in [7, 11) is 0. The SMILES string of the molecule is NCC1(C(F)(F)F)CCC(O)CC1. The van der Waals surface area contributed by atoms with Crippen LogP contribution < -0.4 is 5.73 Å². The molecule has 0 saturated heterocycles. The van der Waals surface area contributed by atoms with E-state index in [4.69, 9.17) is 10.8 Å². The zero-order valence-electron chi connectivity index (χ0n) is 7.27. The van der Waals surface area contributed by atoms with Crippen molar-refractivity contribution in [3.05, 3.63) is 0 Å². The highest BCUT2D eigenvalue weighted by molar-refractivity contribution is 4.92. The molecule has 0 aromatic rings. The van der Waals surface area contributed by atoms with Crippen LogP contribution in [0.2, 0.25) is 0 Å². The number of rotatable bonds is 1. The van der Waals surface area contributed by atoms with E-state index in [-0.39, 0.29) is 32.2 Å². The molecular weight excluding hydrogens is 183 g/mol. The lowest BCUT2D eigenvalue weighted by Crippen LogP contribution is -2.47. The molecule has 0 bridgehead atoms. The molecule has 1 fully saturated rings. The van der Waals surface area contributed by atoms with Crippen molar-refractivity contribution < 1.29 is 18.3 Å². The third-order valence-corrected chi connectivity index (χ3v) is 2.90. The molecule has 0 amide bonds. The Morgan fingerprint density at radius 1 is 1.31 bits per heavy atom. The molecule has 13 heavy (non-hydrogen) atoms. The first-order valence-electron chi connectivity index (χ1n) is 4.36. The summed E-state index contributed by atoms with van der Waals surface area (Å²) in [5.74, 6) is 0. The molecular formula is C8H14F3NO. The Morgan fingerprint density at radius 2 is 1.77 bits per heavy atom. The molecule has 1 aliphatic carbocycles. The van der Waals surface area contributed by atoms with Gasteiger partial charge in [-0.3, -0.25) is 0 Å². The molecule has 78 valence electrons. The van der Waals surface area contributed by atoms with Gasteiger partial charge in [-0.25, -0.2) is 0 Å². The second-order valence-corrected chi connectivity index (χ2v) is 3.71. The van der Waals surface area contributed by atoms with Crippen LogP contribution in [0.25, 0.3) is 0 Å². The highest BCUT2D eigenvalue weighted by Crippen LogP contribution is 2.47. The maximum absolute atomic E-state index is 12.6. The highest BCUT2D eigenvalue weighted by Gasteiger charge is 2.54. The molecule has 0 radical (unpaired) electrons. The molecule has 1 aliphatic rings. The summed E-state index contributed by atoms with van der Waals surface area (Å²) in [6.45, 7) is -0.372. The monoisotopic (exact) mass is 197 g/mol. The minimum absolute atomic E-state index is 0.0475. The largest absolute Gasteiger partial charge is 0.395 e. The van der Waals surface area contributed by atoms with Gasteiger partial charge in [0.15, 0.2) is 0 Å². The average Bonchev–Trinajstić information content (AvgIpc) is 2.04. The van der Waals surface area contributed by atoms with Gasteiger partial charge in [-0.15, -0.1) is 0 Å². The molecule has 3 N–H and O–H groups in total. The summed E-state index contributed by atoms with van der Waals surface area (Å²) in [6, 6.07) is 0. The van der Waals surface area contributed by atoms with E-state index < -0.39 is 17.7 Å². The number of nitrogens with two attached hydrogens (primary N) is 1. The number of alkyl halides is 3. The first-order valence-corrected chi connectivity index (χ1v) is 4.36. The van der Waals surface area contributed by atoms with Crippen molar-refractivity contribution >= 4 is 0 Å². The molecule has 0 aliphatic heterocycles. The van der Waals surface area contributed by atoms with Gasteiger partial charge in [-0.2, -0.15) is 13.2 Å². The summed E-state index contributed by atoms with van der Waals surface area (Å²) in [5, 5.41) is 9.09. The smallest absolute Gasteiger partial charge is 0.393 e. The molecule has 1 rings (SSSR count). The minimum atomic E-state index is -4.23. The van der Waals surface area contributed by atoms with Gasteiger partial charge in [0.05, 0.1) is 11.5 Å². The van der Waals surface area contributed by atoms with Crippen LogP contribution >= 0.6 is 0 Å². The molecule has 5 heteroatoms. The van der Waals surface area contributed by atoms with Gasteiger partial charge in [0.1, 0.15) is 0 Å². The minimum Gasteiger partial charge on any atom is -0.393 e. The zero-order valence-corrected chi connectivity index (χ0v) is 7.27. The highest BCUT2D eigenvalue weighted by atomic mass is 19.4. The van der Waals surface area contributed by atoms with Crippen molar-refractivity contribution in [1.29, 1.82) is 0 Å². The molecule has 0 spiro atoms. The van der Waals surface area contributed by atoms with Crippen LogP contribution in [0.15, 0.2) is 0 Å². The lowest BCUT2D eigenvalue weighted by atomic mass is 9.72. The molecule has 0 unspecified atom stereocenters. The lowest BCUT2D eigenvalue weighted by molar-refractivity contribution is -0.234. The summed E-state index contributed by atoms with van der Waals surface area (Å²) < 4.78 is 37.7. The number of aliphatic hydroxyl groups is 1. The van der Waals surface area contributed by atoms with E-state index in [0.717, 1.165) is 0 Å². The van der Waals surface area contributed by atoms with Crippen molar-refractivity contribution in [3.8, 4) is 0 Å². The first kappa shape index (κ1) is 10.8. The fourth-order valence-electron chi connectivity index (χ4n) is 1.76. The fraction of sp³-hybridized carbons (Fsp3) is 1.00. The Labute approximate surface area is 74.9 Å². The maximum Gasteiger partial charge on any atom is 0.395 e. The van der Waals surface area contributed by atoms with Gasteiger partial charge in [0, 0.05) is 6.54 Å². The second-order valence-electron chi connectivity index (χ2n) is 3.71.